The molecule has 0 aromatic heterocycles. The molecule has 1 fully saturated rings. The van der Waals surface area contributed by atoms with E-state index in [0.29, 0.717) is 11.0 Å². The molecule has 104 valence electrons. The lowest BCUT2D eigenvalue weighted by atomic mass is 10.1. The SMILES string of the molecule is CC(C)CNC(=S)NC(C)C(=O)N1CCCCC1. The minimum Gasteiger partial charge on any atom is -0.362 e. The minimum atomic E-state index is -0.240. The van der Waals surface area contributed by atoms with Crippen LogP contribution in [0.1, 0.15) is 40.0 Å². The van der Waals surface area contributed by atoms with E-state index in [9.17, 15) is 4.79 Å². The van der Waals surface area contributed by atoms with E-state index in [1.165, 1.54) is 6.42 Å². The largest absolute Gasteiger partial charge is 0.362 e. The number of piperidine rings is 1. The maximum atomic E-state index is 12.1. The van der Waals surface area contributed by atoms with Crippen LogP contribution in [-0.4, -0.2) is 41.6 Å². The third-order valence-electron chi connectivity index (χ3n) is 3.06. The molecule has 0 saturated carbocycles. The van der Waals surface area contributed by atoms with Crippen LogP contribution >= 0.6 is 12.2 Å². The molecule has 1 aliphatic rings. The molecule has 1 unspecified atom stereocenters. The van der Waals surface area contributed by atoms with E-state index in [4.69, 9.17) is 12.2 Å². The summed E-state index contributed by atoms with van der Waals surface area (Å²) in [6, 6.07) is -0.240. The number of nitrogens with zero attached hydrogens (tertiary/aromatic N) is 1. The van der Waals surface area contributed by atoms with Crippen molar-refractivity contribution in [1.82, 2.24) is 15.5 Å². The number of thiocarbonyl (C=S) groups is 1. The number of hydrogen-bond acceptors (Lipinski definition) is 2. The summed E-state index contributed by atoms with van der Waals surface area (Å²) in [4.78, 5) is 14.1. The Balaban J connectivity index is 2.32. The van der Waals surface area contributed by atoms with Gasteiger partial charge in [0.1, 0.15) is 6.04 Å². The number of rotatable bonds is 4. The van der Waals surface area contributed by atoms with Crippen molar-refractivity contribution in [3.63, 3.8) is 0 Å². The van der Waals surface area contributed by atoms with Crippen LogP contribution in [-0.2, 0) is 4.79 Å². The first-order valence-electron chi connectivity index (χ1n) is 6.84. The van der Waals surface area contributed by atoms with E-state index >= 15 is 0 Å². The van der Waals surface area contributed by atoms with Gasteiger partial charge in [-0.2, -0.15) is 0 Å². The average Bonchev–Trinajstić information content (AvgIpc) is 2.36. The number of carbonyl (C=O) groups is 1. The van der Waals surface area contributed by atoms with Crippen LogP contribution in [0.5, 0.6) is 0 Å². The third kappa shape index (κ3) is 5.21. The highest BCUT2D eigenvalue weighted by Gasteiger charge is 2.22. The van der Waals surface area contributed by atoms with E-state index in [-0.39, 0.29) is 11.9 Å². The second kappa shape index (κ2) is 7.56. The fourth-order valence-corrected chi connectivity index (χ4v) is 2.25. The second-order valence-electron chi connectivity index (χ2n) is 5.36. The standard InChI is InChI=1S/C13H25N3OS/c1-10(2)9-14-13(18)15-11(3)12(17)16-7-5-4-6-8-16/h10-11H,4-9H2,1-3H3,(H2,14,15,18). The van der Waals surface area contributed by atoms with Gasteiger partial charge in [0.15, 0.2) is 5.11 Å². The van der Waals surface area contributed by atoms with E-state index in [2.05, 4.69) is 24.5 Å². The van der Waals surface area contributed by atoms with Gasteiger partial charge >= 0.3 is 0 Å². The molecule has 18 heavy (non-hydrogen) atoms. The Bertz CT molecular complexity index is 288. The molecule has 2 N–H and O–H groups in total. The summed E-state index contributed by atoms with van der Waals surface area (Å²) >= 11 is 5.18. The number of carbonyl (C=O) groups excluding carboxylic acids is 1. The monoisotopic (exact) mass is 271 g/mol. The Morgan fingerprint density at radius 2 is 1.83 bits per heavy atom. The normalized spacial score (nSPS) is 17.4. The summed E-state index contributed by atoms with van der Waals surface area (Å²) in [5.41, 5.74) is 0. The lowest BCUT2D eigenvalue weighted by Crippen LogP contribution is -2.51. The van der Waals surface area contributed by atoms with Gasteiger partial charge in [-0.15, -0.1) is 0 Å². The lowest BCUT2D eigenvalue weighted by Gasteiger charge is -2.30. The Morgan fingerprint density at radius 3 is 2.39 bits per heavy atom. The van der Waals surface area contributed by atoms with Gasteiger partial charge in [0.05, 0.1) is 0 Å². The molecular formula is C13H25N3OS. The molecule has 1 heterocycles. The second-order valence-corrected chi connectivity index (χ2v) is 5.76. The van der Waals surface area contributed by atoms with Crippen molar-refractivity contribution >= 4 is 23.2 Å². The van der Waals surface area contributed by atoms with Gasteiger partial charge in [-0.25, -0.2) is 0 Å². The van der Waals surface area contributed by atoms with E-state index in [0.717, 1.165) is 32.5 Å². The number of hydrogen-bond donors (Lipinski definition) is 2. The van der Waals surface area contributed by atoms with Crippen molar-refractivity contribution in [2.45, 2.75) is 46.1 Å². The molecule has 0 aromatic carbocycles. The average molecular weight is 271 g/mol. The molecule has 5 heteroatoms. The molecule has 0 radical (unpaired) electrons. The molecular weight excluding hydrogens is 246 g/mol. The highest BCUT2D eigenvalue weighted by molar-refractivity contribution is 7.80. The molecule has 0 bridgehead atoms. The number of likely N-dealkylation sites (tertiary alicyclic amines) is 1. The fourth-order valence-electron chi connectivity index (χ4n) is 1.99. The van der Waals surface area contributed by atoms with Gasteiger partial charge in [0.2, 0.25) is 5.91 Å². The predicted octanol–water partition coefficient (Wildman–Crippen LogP) is 1.51. The van der Waals surface area contributed by atoms with Crippen molar-refractivity contribution in [1.29, 1.82) is 0 Å². The third-order valence-corrected chi connectivity index (χ3v) is 3.32. The number of amides is 1. The van der Waals surface area contributed by atoms with Gasteiger partial charge in [-0.1, -0.05) is 13.8 Å². The maximum Gasteiger partial charge on any atom is 0.244 e. The predicted molar refractivity (Wildman–Crippen MR) is 78.5 cm³/mol. The summed E-state index contributed by atoms with van der Waals surface area (Å²) in [5.74, 6) is 0.696. The van der Waals surface area contributed by atoms with Gasteiger partial charge in [0.25, 0.3) is 0 Å². The number of nitrogens with one attached hydrogen (secondary N) is 2. The molecule has 4 nitrogen and oxygen atoms in total. The smallest absolute Gasteiger partial charge is 0.244 e. The molecule has 0 aromatic rings. The molecule has 1 amide bonds. The summed E-state index contributed by atoms with van der Waals surface area (Å²) in [6.45, 7) is 8.72. The van der Waals surface area contributed by atoms with Crippen molar-refractivity contribution in [3.8, 4) is 0 Å². The summed E-state index contributed by atoms with van der Waals surface area (Å²) < 4.78 is 0. The van der Waals surface area contributed by atoms with Crippen LogP contribution in [0.3, 0.4) is 0 Å². The quantitative estimate of drug-likeness (QED) is 0.761. The molecule has 0 aliphatic carbocycles. The van der Waals surface area contributed by atoms with E-state index < -0.39 is 0 Å². The molecule has 1 rings (SSSR count). The zero-order valence-corrected chi connectivity index (χ0v) is 12.5. The molecule has 1 aliphatic heterocycles. The first-order valence-corrected chi connectivity index (χ1v) is 7.24. The Kier molecular flexibility index (Phi) is 6.39. The molecule has 0 spiro atoms. The summed E-state index contributed by atoms with van der Waals surface area (Å²) in [6.07, 6.45) is 3.48. The van der Waals surface area contributed by atoms with Crippen LogP contribution in [0, 0.1) is 5.92 Å². The van der Waals surface area contributed by atoms with Crippen molar-refractivity contribution < 1.29 is 4.79 Å². The molecule has 1 atom stereocenters. The lowest BCUT2D eigenvalue weighted by molar-refractivity contribution is -0.133. The Labute approximate surface area is 115 Å². The van der Waals surface area contributed by atoms with E-state index in [1.54, 1.807) is 0 Å². The minimum absolute atomic E-state index is 0.156. The van der Waals surface area contributed by atoms with Crippen molar-refractivity contribution in [2.75, 3.05) is 19.6 Å². The topological polar surface area (TPSA) is 44.4 Å². The van der Waals surface area contributed by atoms with Crippen molar-refractivity contribution in [2.24, 2.45) is 5.92 Å². The first-order chi connectivity index (χ1) is 8.50. The van der Waals surface area contributed by atoms with Crippen LogP contribution < -0.4 is 10.6 Å². The van der Waals surface area contributed by atoms with Crippen LogP contribution in [0.4, 0.5) is 0 Å². The molecule has 1 saturated heterocycles. The van der Waals surface area contributed by atoms with Crippen LogP contribution in [0.15, 0.2) is 0 Å². The van der Waals surface area contributed by atoms with Crippen molar-refractivity contribution in [3.05, 3.63) is 0 Å². The van der Waals surface area contributed by atoms with Gasteiger partial charge in [-0.3, -0.25) is 4.79 Å². The highest BCUT2D eigenvalue weighted by atomic mass is 32.1. The maximum absolute atomic E-state index is 12.1. The fraction of sp³-hybridized carbons (Fsp3) is 0.846. The highest BCUT2D eigenvalue weighted by Crippen LogP contribution is 2.09. The zero-order valence-electron chi connectivity index (χ0n) is 11.7. The van der Waals surface area contributed by atoms with Gasteiger partial charge in [0, 0.05) is 19.6 Å². The Hall–Kier alpha value is -0.840. The summed E-state index contributed by atoms with van der Waals surface area (Å²) in [5, 5.41) is 6.75. The zero-order chi connectivity index (χ0) is 13.5. The van der Waals surface area contributed by atoms with Crippen LogP contribution in [0.2, 0.25) is 0 Å². The van der Waals surface area contributed by atoms with Crippen LogP contribution in [0.25, 0.3) is 0 Å². The van der Waals surface area contributed by atoms with Gasteiger partial charge < -0.3 is 15.5 Å². The summed E-state index contributed by atoms with van der Waals surface area (Å²) in [7, 11) is 0. The first kappa shape index (κ1) is 15.2. The van der Waals surface area contributed by atoms with Gasteiger partial charge in [-0.05, 0) is 44.3 Å². The van der Waals surface area contributed by atoms with E-state index in [1.807, 2.05) is 11.8 Å². The Morgan fingerprint density at radius 1 is 1.22 bits per heavy atom.